The standard InChI is InChI=1S/C9H15ClN2O/c1-7(10)5-12-9(13)8-3-2-4-11-6-8/h8,11H,1-6H2,(H,12,13). The highest BCUT2D eigenvalue weighted by Crippen LogP contribution is 2.09. The van der Waals surface area contributed by atoms with Gasteiger partial charge in [-0.15, -0.1) is 0 Å². The number of carbonyl (C=O) groups is 1. The zero-order chi connectivity index (χ0) is 9.68. The molecular formula is C9H15ClN2O. The average Bonchev–Trinajstić information content (AvgIpc) is 2.15. The van der Waals surface area contributed by atoms with Gasteiger partial charge in [0.1, 0.15) is 0 Å². The van der Waals surface area contributed by atoms with E-state index in [9.17, 15) is 4.79 Å². The van der Waals surface area contributed by atoms with Crippen molar-refractivity contribution in [1.29, 1.82) is 0 Å². The fourth-order valence-corrected chi connectivity index (χ4v) is 1.47. The van der Waals surface area contributed by atoms with Crippen LogP contribution < -0.4 is 10.6 Å². The molecular weight excluding hydrogens is 188 g/mol. The third-order valence-electron chi connectivity index (χ3n) is 2.12. The van der Waals surface area contributed by atoms with Crippen LogP contribution in [0.1, 0.15) is 12.8 Å². The average molecular weight is 203 g/mol. The number of hydrogen-bond donors (Lipinski definition) is 2. The molecule has 1 unspecified atom stereocenters. The van der Waals surface area contributed by atoms with Crippen molar-refractivity contribution < 1.29 is 4.79 Å². The molecule has 0 bridgehead atoms. The smallest absolute Gasteiger partial charge is 0.224 e. The van der Waals surface area contributed by atoms with Crippen molar-refractivity contribution in [2.75, 3.05) is 19.6 Å². The minimum Gasteiger partial charge on any atom is -0.351 e. The summed E-state index contributed by atoms with van der Waals surface area (Å²) in [5, 5.41) is 6.40. The lowest BCUT2D eigenvalue weighted by molar-refractivity contribution is -0.125. The van der Waals surface area contributed by atoms with Crippen LogP contribution in [0.2, 0.25) is 0 Å². The summed E-state index contributed by atoms with van der Waals surface area (Å²) in [7, 11) is 0. The monoisotopic (exact) mass is 202 g/mol. The number of hydrogen-bond acceptors (Lipinski definition) is 2. The van der Waals surface area contributed by atoms with Crippen LogP contribution in [0.5, 0.6) is 0 Å². The van der Waals surface area contributed by atoms with Crippen molar-refractivity contribution in [3.8, 4) is 0 Å². The van der Waals surface area contributed by atoms with Crippen LogP contribution in [0, 0.1) is 5.92 Å². The zero-order valence-corrected chi connectivity index (χ0v) is 8.36. The van der Waals surface area contributed by atoms with Crippen molar-refractivity contribution >= 4 is 17.5 Å². The van der Waals surface area contributed by atoms with E-state index < -0.39 is 0 Å². The molecule has 0 spiro atoms. The van der Waals surface area contributed by atoms with E-state index in [1.807, 2.05) is 0 Å². The van der Waals surface area contributed by atoms with Crippen LogP contribution >= 0.6 is 11.6 Å². The molecule has 0 saturated carbocycles. The van der Waals surface area contributed by atoms with E-state index in [2.05, 4.69) is 17.2 Å². The van der Waals surface area contributed by atoms with E-state index in [1.54, 1.807) is 0 Å². The third-order valence-corrected chi connectivity index (χ3v) is 2.26. The van der Waals surface area contributed by atoms with Gasteiger partial charge in [0.2, 0.25) is 5.91 Å². The van der Waals surface area contributed by atoms with Gasteiger partial charge < -0.3 is 10.6 Å². The Morgan fingerprint density at radius 3 is 3.00 bits per heavy atom. The second kappa shape index (κ2) is 5.25. The van der Waals surface area contributed by atoms with E-state index in [1.165, 1.54) is 0 Å². The second-order valence-electron chi connectivity index (χ2n) is 3.28. The Balaban J connectivity index is 2.25. The van der Waals surface area contributed by atoms with E-state index in [0.29, 0.717) is 11.6 Å². The Kier molecular flexibility index (Phi) is 4.25. The van der Waals surface area contributed by atoms with Crippen LogP contribution in [-0.2, 0) is 4.79 Å². The van der Waals surface area contributed by atoms with Gasteiger partial charge in [-0.1, -0.05) is 18.2 Å². The van der Waals surface area contributed by atoms with Crippen LogP contribution in [0.4, 0.5) is 0 Å². The first kappa shape index (κ1) is 10.5. The summed E-state index contributed by atoms with van der Waals surface area (Å²) in [6, 6.07) is 0. The highest BCUT2D eigenvalue weighted by atomic mass is 35.5. The zero-order valence-electron chi connectivity index (χ0n) is 7.61. The van der Waals surface area contributed by atoms with E-state index >= 15 is 0 Å². The fraction of sp³-hybridized carbons (Fsp3) is 0.667. The van der Waals surface area contributed by atoms with Gasteiger partial charge in [0.25, 0.3) is 0 Å². The van der Waals surface area contributed by atoms with Crippen LogP contribution in [0.3, 0.4) is 0 Å². The van der Waals surface area contributed by atoms with Gasteiger partial charge in [-0.3, -0.25) is 4.79 Å². The Labute approximate surface area is 83.5 Å². The molecule has 13 heavy (non-hydrogen) atoms. The largest absolute Gasteiger partial charge is 0.351 e. The van der Waals surface area contributed by atoms with Gasteiger partial charge in [0.05, 0.1) is 12.5 Å². The maximum Gasteiger partial charge on any atom is 0.224 e. The normalized spacial score (nSPS) is 22.4. The van der Waals surface area contributed by atoms with E-state index in [4.69, 9.17) is 11.6 Å². The lowest BCUT2D eigenvalue weighted by Crippen LogP contribution is -2.40. The lowest BCUT2D eigenvalue weighted by atomic mass is 9.99. The topological polar surface area (TPSA) is 41.1 Å². The number of carbonyl (C=O) groups excluding carboxylic acids is 1. The fourth-order valence-electron chi connectivity index (χ4n) is 1.40. The molecule has 0 radical (unpaired) electrons. The molecule has 1 aliphatic rings. The Morgan fingerprint density at radius 2 is 2.46 bits per heavy atom. The summed E-state index contributed by atoms with van der Waals surface area (Å²) < 4.78 is 0. The summed E-state index contributed by atoms with van der Waals surface area (Å²) >= 11 is 5.54. The highest BCUT2D eigenvalue weighted by molar-refractivity contribution is 6.29. The quantitative estimate of drug-likeness (QED) is 0.713. The summed E-state index contributed by atoms with van der Waals surface area (Å²) in [6.07, 6.45) is 2.04. The van der Waals surface area contributed by atoms with Crippen molar-refractivity contribution in [3.05, 3.63) is 11.6 Å². The third kappa shape index (κ3) is 3.79. The van der Waals surface area contributed by atoms with E-state index in [-0.39, 0.29) is 11.8 Å². The molecule has 1 fully saturated rings. The lowest BCUT2D eigenvalue weighted by Gasteiger charge is -2.21. The minimum absolute atomic E-state index is 0.0778. The SMILES string of the molecule is C=C(Cl)CNC(=O)C1CCCNC1. The molecule has 1 amide bonds. The molecule has 74 valence electrons. The maximum absolute atomic E-state index is 11.5. The maximum atomic E-state index is 11.5. The first-order chi connectivity index (χ1) is 6.20. The molecule has 1 rings (SSSR count). The molecule has 0 aromatic heterocycles. The number of amides is 1. The number of nitrogens with one attached hydrogen (secondary N) is 2. The first-order valence-electron chi connectivity index (χ1n) is 4.52. The molecule has 1 aliphatic heterocycles. The van der Waals surface area contributed by atoms with Gasteiger partial charge in [-0.25, -0.2) is 0 Å². The summed E-state index contributed by atoms with van der Waals surface area (Å²) in [5.74, 6) is 0.179. The van der Waals surface area contributed by atoms with Crippen LogP contribution in [0.15, 0.2) is 11.6 Å². The van der Waals surface area contributed by atoms with E-state index in [0.717, 1.165) is 25.9 Å². The van der Waals surface area contributed by atoms with Crippen molar-refractivity contribution in [1.82, 2.24) is 10.6 Å². The Bertz CT molecular complexity index is 200. The summed E-state index contributed by atoms with van der Waals surface area (Å²) in [6.45, 7) is 5.68. The Morgan fingerprint density at radius 1 is 1.69 bits per heavy atom. The van der Waals surface area contributed by atoms with Crippen LogP contribution in [-0.4, -0.2) is 25.5 Å². The van der Waals surface area contributed by atoms with Crippen molar-refractivity contribution in [2.45, 2.75) is 12.8 Å². The highest BCUT2D eigenvalue weighted by Gasteiger charge is 2.20. The molecule has 1 heterocycles. The second-order valence-corrected chi connectivity index (χ2v) is 3.81. The van der Waals surface area contributed by atoms with Gasteiger partial charge in [-0.2, -0.15) is 0 Å². The van der Waals surface area contributed by atoms with Crippen molar-refractivity contribution in [2.24, 2.45) is 5.92 Å². The van der Waals surface area contributed by atoms with Crippen molar-refractivity contribution in [3.63, 3.8) is 0 Å². The predicted octanol–water partition coefficient (Wildman–Crippen LogP) is 0.855. The molecule has 2 N–H and O–H groups in total. The first-order valence-corrected chi connectivity index (χ1v) is 4.89. The Hall–Kier alpha value is -0.540. The molecule has 0 aromatic carbocycles. The molecule has 3 nitrogen and oxygen atoms in total. The number of piperidine rings is 1. The van der Waals surface area contributed by atoms with Gasteiger partial charge >= 0.3 is 0 Å². The molecule has 1 atom stereocenters. The van der Waals surface area contributed by atoms with Gasteiger partial charge in [0, 0.05) is 11.6 Å². The molecule has 0 aliphatic carbocycles. The molecule has 0 aromatic rings. The molecule has 4 heteroatoms. The summed E-state index contributed by atoms with van der Waals surface area (Å²) in [5.41, 5.74) is 0. The predicted molar refractivity (Wildman–Crippen MR) is 53.6 cm³/mol. The number of halogens is 1. The number of rotatable bonds is 3. The van der Waals surface area contributed by atoms with Crippen LogP contribution in [0.25, 0.3) is 0 Å². The minimum atomic E-state index is 0.0778. The van der Waals surface area contributed by atoms with Gasteiger partial charge in [0.15, 0.2) is 0 Å². The van der Waals surface area contributed by atoms with Gasteiger partial charge in [-0.05, 0) is 19.4 Å². The molecule has 1 saturated heterocycles. The summed E-state index contributed by atoms with van der Waals surface area (Å²) in [4.78, 5) is 11.5.